The van der Waals surface area contributed by atoms with E-state index in [0.29, 0.717) is 10.6 Å². The molecule has 0 radical (unpaired) electrons. The number of esters is 1. The molecule has 1 rings (SSSR count). The molecule has 0 amide bonds. The van der Waals surface area contributed by atoms with Crippen LogP contribution in [0.25, 0.3) is 6.08 Å². The minimum Gasteiger partial charge on any atom is -0.465 e. The van der Waals surface area contributed by atoms with Crippen molar-refractivity contribution in [3.8, 4) is 0 Å². The summed E-state index contributed by atoms with van der Waals surface area (Å²) in [6.07, 6.45) is 3.86. The highest BCUT2D eigenvalue weighted by Gasteiger charge is 2.06. The highest BCUT2D eigenvalue weighted by molar-refractivity contribution is 7.80. The van der Waals surface area contributed by atoms with E-state index in [1.54, 1.807) is 6.07 Å². The number of hydrogen-bond donors (Lipinski definition) is 1. The van der Waals surface area contributed by atoms with Crippen molar-refractivity contribution in [3.05, 3.63) is 28.0 Å². The third-order valence-electron chi connectivity index (χ3n) is 1.40. The fourth-order valence-electron chi connectivity index (χ4n) is 0.822. The number of thiol groups is 1. The summed E-state index contributed by atoms with van der Waals surface area (Å²) in [5.41, 5.74) is 0. The van der Waals surface area contributed by atoms with Gasteiger partial charge in [-0.25, -0.2) is 4.79 Å². The Balaban J connectivity index is 2.74. The van der Waals surface area contributed by atoms with E-state index in [1.807, 2.05) is 18.2 Å². The quantitative estimate of drug-likeness (QED) is 0.618. The molecule has 0 fully saturated rings. The number of ether oxygens (including phenoxy) is 1. The molecule has 0 unspecified atom stereocenters. The zero-order valence-electron chi connectivity index (χ0n) is 7.19. The van der Waals surface area contributed by atoms with Gasteiger partial charge in [-0.05, 0) is 18.2 Å². The molecule has 2 nitrogen and oxygen atoms in total. The SMILES string of the molecule is COC(=O)c1ccc(C=CCS)s1. The Kier molecular flexibility index (Phi) is 4.05. The first-order valence-electron chi connectivity index (χ1n) is 3.73. The summed E-state index contributed by atoms with van der Waals surface area (Å²) in [5, 5.41) is 0. The molecule has 4 heteroatoms. The van der Waals surface area contributed by atoms with Gasteiger partial charge in [-0.1, -0.05) is 6.08 Å². The lowest BCUT2D eigenvalue weighted by molar-refractivity contribution is 0.0606. The minimum atomic E-state index is -0.282. The molecule has 0 saturated heterocycles. The van der Waals surface area contributed by atoms with Crippen molar-refractivity contribution < 1.29 is 9.53 Å². The Morgan fingerprint density at radius 2 is 2.46 bits per heavy atom. The van der Waals surface area contributed by atoms with Crippen molar-refractivity contribution in [2.45, 2.75) is 0 Å². The molecular formula is C9H10O2S2. The van der Waals surface area contributed by atoms with E-state index in [-0.39, 0.29) is 5.97 Å². The fraction of sp³-hybridized carbons (Fsp3) is 0.222. The summed E-state index contributed by atoms with van der Waals surface area (Å²) in [5.74, 6) is 0.418. The summed E-state index contributed by atoms with van der Waals surface area (Å²) in [6, 6.07) is 3.64. The summed E-state index contributed by atoms with van der Waals surface area (Å²) in [6.45, 7) is 0. The normalized spacial score (nSPS) is 10.6. The molecule has 1 aromatic rings. The smallest absolute Gasteiger partial charge is 0.348 e. The molecular weight excluding hydrogens is 204 g/mol. The second kappa shape index (κ2) is 5.09. The van der Waals surface area contributed by atoms with Crippen LogP contribution in [-0.4, -0.2) is 18.8 Å². The van der Waals surface area contributed by atoms with Gasteiger partial charge >= 0.3 is 5.97 Å². The van der Waals surface area contributed by atoms with Gasteiger partial charge in [0.1, 0.15) is 4.88 Å². The summed E-state index contributed by atoms with van der Waals surface area (Å²) in [7, 11) is 1.38. The molecule has 1 heterocycles. The zero-order chi connectivity index (χ0) is 9.68. The molecule has 70 valence electrons. The van der Waals surface area contributed by atoms with Crippen LogP contribution in [0.5, 0.6) is 0 Å². The number of carbonyl (C=O) groups excluding carboxylic acids is 1. The Morgan fingerprint density at radius 1 is 1.69 bits per heavy atom. The van der Waals surface area contributed by atoms with Gasteiger partial charge in [0.25, 0.3) is 0 Å². The topological polar surface area (TPSA) is 26.3 Å². The number of rotatable bonds is 3. The van der Waals surface area contributed by atoms with Crippen LogP contribution in [0.3, 0.4) is 0 Å². The second-order valence-corrected chi connectivity index (χ2v) is 3.76. The van der Waals surface area contributed by atoms with Gasteiger partial charge < -0.3 is 4.74 Å². The number of methoxy groups -OCH3 is 1. The molecule has 0 saturated carbocycles. The summed E-state index contributed by atoms with van der Waals surface area (Å²) >= 11 is 5.45. The predicted molar refractivity (Wildman–Crippen MR) is 58.5 cm³/mol. The van der Waals surface area contributed by atoms with Crippen molar-refractivity contribution in [2.75, 3.05) is 12.9 Å². The van der Waals surface area contributed by atoms with Crippen LogP contribution in [0.1, 0.15) is 14.5 Å². The van der Waals surface area contributed by atoms with Gasteiger partial charge in [0.05, 0.1) is 7.11 Å². The van der Waals surface area contributed by atoms with E-state index in [0.717, 1.165) is 4.88 Å². The van der Waals surface area contributed by atoms with Gasteiger partial charge in [0, 0.05) is 10.6 Å². The molecule has 0 aromatic carbocycles. The Labute approximate surface area is 86.6 Å². The predicted octanol–water partition coefficient (Wildman–Crippen LogP) is 2.48. The molecule has 0 aliphatic heterocycles. The second-order valence-electron chi connectivity index (χ2n) is 2.28. The summed E-state index contributed by atoms with van der Waals surface area (Å²) in [4.78, 5) is 12.7. The molecule has 0 atom stereocenters. The number of carbonyl (C=O) groups is 1. The van der Waals surface area contributed by atoms with Crippen molar-refractivity contribution in [1.82, 2.24) is 0 Å². The highest BCUT2D eigenvalue weighted by Crippen LogP contribution is 2.18. The van der Waals surface area contributed by atoms with Crippen LogP contribution in [-0.2, 0) is 4.74 Å². The molecule has 1 aromatic heterocycles. The maximum Gasteiger partial charge on any atom is 0.348 e. The van der Waals surface area contributed by atoms with Crippen LogP contribution in [0.4, 0.5) is 0 Å². The first-order valence-corrected chi connectivity index (χ1v) is 5.18. The van der Waals surface area contributed by atoms with Gasteiger partial charge in [-0.3, -0.25) is 0 Å². The molecule has 0 N–H and O–H groups in total. The van der Waals surface area contributed by atoms with Crippen molar-refractivity contribution in [2.24, 2.45) is 0 Å². The zero-order valence-corrected chi connectivity index (χ0v) is 8.90. The van der Waals surface area contributed by atoms with E-state index in [9.17, 15) is 4.79 Å². The highest BCUT2D eigenvalue weighted by atomic mass is 32.1. The first-order chi connectivity index (χ1) is 6.27. The molecule has 13 heavy (non-hydrogen) atoms. The Hall–Kier alpha value is -0.740. The lowest BCUT2D eigenvalue weighted by atomic mass is 10.4. The van der Waals surface area contributed by atoms with Crippen molar-refractivity contribution >= 4 is 36.0 Å². The first kappa shape index (κ1) is 10.3. The third kappa shape index (κ3) is 2.90. The third-order valence-corrected chi connectivity index (χ3v) is 2.64. The Bertz CT molecular complexity index is 315. The fourth-order valence-corrected chi connectivity index (χ4v) is 1.78. The monoisotopic (exact) mass is 214 g/mol. The van der Waals surface area contributed by atoms with Crippen molar-refractivity contribution in [1.29, 1.82) is 0 Å². The maximum absolute atomic E-state index is 11.0. The van der Waals surface area contributed by atoms with E-state index < -0.39 is 0 Å². The van der Waals surface area contributed by atoms with E-state index in [1.165, 1.54) is 18.4 Å². The van der Waals surface area contributed by atoms with Gasteiger partial charge in [-0.15, -0.1) is 11.3 Å². The standard InChI is InChI=1S/C9H10O2S2/c1-11-9(10)8-5-4-7(13-8)3-2-6-12/h2-5,12H,6H2,1H3. The maximum atomic E-state index is 11.0. The van der Waals surface area contributed by atoms with Crippen LogP contribution in [0.15, 0.2) is 18.2 Å². The van der Waals surface area contributed by atoms with Crippen LogP contribution in [0, 0.1) is 0 Å². The minimum absolute atomic E-state index is 0.282. The number of thiophene rings is 1. The van der Waals surface area contributed by atoms with Crippen LogP contribution in [0.2, 0.25) is 0 Å². The molecule has 0 bridgehead atoms. The average Bonchev–Trinajstić information content (AvgIpc) is 2.62. The summed E-state index contributed by atoms with van der Waals surface area (Å²) < 4.78 is 4.59. The lowest BCUT2D eigenvalue weighted by Gasteiger charge is -1.91. The van der Waals surface area contributed by atoms with E-state index in [2.05, 4.69) is 17.4 Å². The van der Waals surface area contributed by atoms with Crippen LogP contribution < -0.4 is 0 Å². The average molecular weight is 214 g/mol. The molecule has 0 spiro atoms. The van der Waals surface area contributed by atoms with E-state index >= 15 is 0 Å². The van der Waals surface area contributed by atoms with Gasteiger partial charge in [0.2, 0.25) is 0 Å². The van der Waals surface area contributed by atoms with E-state index in [4.69, 9.17) is 0 Å². The van der Waals surface area contributed by atoms with Crippen molar-refractivity contribution in [3.63, 3.8) is 0 Å². The lowest BCUT2D eigenvalue weighted by Crippen LogP contribution is -1.96. The van der Waals surface area contributed by atoms with Gasteiger partial charge in [0.15, 0.2) is 0 Å². The largest absolute Gasteiger partial charge is 0.465 e. The number of hydrogen-bond acceptors (Lipinski definition) is 4. The molecule has 0 aliphatic carbocycles. The Morgan fingerprint density at radius 3 is 3.08 bits per heavy atom. The molecule has 0 aliphatic rings. The van der Waals surface area contributed by atoms with Crippen LogP contribution >= 0.6 is 24.0 Å². The van der Waals surface area contributed by atoms with Gasteiger partial charge in [-0.2, -0.15) is 12.6 Å².